The average Bonchev–Trinajstić information content (AvgIpc) is 2.70. The lowest BCUT2D eigenvalue weighted by atomic mass is 9.81. The van der Waals surface area contributed by atoms with Crippen molar-refractivity contribution in [1.29, 1.82) is 0 Å². The number of nitrogens with one attached hydrogen (secondary N) is 1. The van der Waals surface area contributed by atoms with Gasteiger partial charge >= 0.3 is 0 Å². The number of hydrogen-bond acceptors (Lipinski definition) is 4. The molecule has 3 rings (SSSR count). The smallest absolute Gasteiger partial charge is 0.260 e. The Hall–Kier alpha value is -1.58. The summed E-state index contributed by atoms with van der Waals surface area (Å²) in [6.07, 6.45) is -2.66. The fourth-order valence-electron chi connectivity index (χ4n) is 4.04. The molecular weight excluding hydrogens is 400 g/mol. The summed E-state index contributed by atoms with van der Waals surface area (Å²) in [6, 6.07) is 6.97. The van der Waals surface area contributed by atoms with Crippen LogP contribution in [0.3, 0.4) is 0 Å². The summed E-state index contributed by atoms with van der Waals surface area (Å²) in [6.45, 7) is 6.31. The van der Waals surface area contributed by atoms with Crippen LogP contribution < -0.4 is 4.72 Å². The van der Waals surface area contributed by atoms with Gasteiger partial charge in [0, 0.05) is 38.6 Å². The van der Waals surface area contributed by atoms with Gasteiger partial charge in [-0.2, -0.15) is 0 Å². The molecule has 3 atom stereocenters. The van der Waals surface area contributed by atoms with E-state index in [1.807, 2.05) is 0 Å². The topological polar surface area (TPSA) is 69.7 Å². The van der Waals surface area contributed by atoms with Crippen LogP contribution in [-0.4, -0.2) is 74.2 Å². The molecule has 1 aromatic carbocycles. The van der Waals surface area contributed by atoms with E-state index in [4.69, 9.17) is 0 Å². The van der Waals surface area contributed by atoms with Crippen LogP contribution in [0.5, 0.6) is 0 Å². The normalized spacial score (nSPS) is 29.2. The van der Waals surface area contributed by atoms with Crippen LogP contribution in [-0.2, 0) is 14.8 Å². The number of benzene rings is 1. The number of carbonyl (C=O) groups is 1. The van der Waals surface area contributed by atoms with E-state index in [-0.39, 0.29) is 17.7 Å². The molecule has 29 heavy (non-hydrogen) atoms. The number of carbonyl (C=O) groups excluding carboxylic acids is 1. The Morgan fingerprint density at radius 3 is 2.34 bits per heavy atom. The average molecular weight is 430 g/mol. The van der Waals surface area contributed by atoms with Gasteiger partial charge < -0.3 is 4.90 Å². The maximum atomic E-state index is 15.4. The van der Waals surface area contributed by atoms with E-state index in [9.17, 15) is 17.6 Å². The Kier molecular flexibility index (Phi) is 6.60. The van der Waals surface area contributed by atoms with E-state index in [0.29, 0.717) is 32.2 Å². The molecule has 1 saturated carbocycles. The number of nitrogens with zero attached hydrogens (tertiary/aromatic N) is 2. The first-order chi connectivity index (χ1) is 13.6. The van der Waals surface area contributed by atoms with Crippen LogP contribution >= 0.6 is 0 Å². The van der Waals surface area contributed by atoms with Crippen molar-refractivity contribution in [1.82, 2.24) is 14.5 Å². The highest BCUT2D eigenvalue weighted by atomic mass is 32.2. The van der Waals surface area contributed by atoms with Gasteiger partial charge in [-0.15, -0.1) is 0 Å². The molecule has 3 unspecified atom stereocenters. The van der Waals surface area contributed by atoms with Gasteiger partial charge in [0.15, 0.2) is 5.67 Å². The number of piperazine rings is 1. The van der Waals surface area contributed by atoms with Crippen LogP contribution in [0.1, 0.15) is 33.1 Å². The maximum absolute atomic E-state index is 15.4. The summed E-state index contributed by atoms with van der Waals surface area (Å²) in [7, 11) is -3.90. The third-order valence-corrected chi connectivity index (χ3v) is 7.39. The minimum atomic E-state index is -3.90. The lowest BCUT2D eigenvalue weighted by molar-refractivity contribution is -0.150. The number of amides is 1. The highest BCUT2D eigenvalue weighted by Crippen LogP contribution is 2.36. The Labute approximate surface area is 171 Å². The summed E-state index contributed by atoms with van der Waals surface area (Å²) in [4.78, 5) is 16.5. The van der Waals surface area contributed by atoms with Crippen LogP contribution in [0.4, 0.5) is 8.78 Å². The molecule has 6 nitrogen and oxygen atoms in total. The molecule has 1 amide bonds. The molecule has 0 bridgehead atoms. The van der Waals surface area contributed by atoms with Crippen molar-refractivity contribution >= 4 is 15.9 Å². The predicted octanol–water partition coefficient (Wildman–Crippen LogP) is 2.12. The number of rotatable bonds is 5. The zero-order valence-electron chi connectivity index (χ0n) is 16.9. The third-order valence-electron chi connectivity index (χ3n) is 5.88. The largest absolute Gasteiger partial charge is 0.337 e. The number of sulfonamides is 1. The first kappa shape index (κ1) is 22.1. The van der Waals surface area contributed by atoms with Crippen LogP contribution in [0, 0.1) is 0 Å². The minimum Gasteiger partial charge on any atom is -0.337 e. The molecule has 1 saturated heterocycles. The molecule has 162 valence electrons. The molecule has 0 spiro atoms. The molecule has 2 aliphatic rings. The lowest BCUT2D eigenvalue weighted by Gasteiger charge is -2.42. The molecular formula is C20H29F2N3O3S. The van der Waals surface area contributed by atoms with Gasteiger partial charge in [0.1, 0.15) is 6.17 Å². The van der Waals surface area contributed by atoms with Gasteiger partial charge in [0.2, 0.25) is 10.0 Å². The predicted molar refractivity (Wildman–Crippen MR) is 106 cm³/mol. The first-order valence-corrected chi connectivity index (χ1v) is 11.5. The molecule has 9 heteroatoms. The zero-order chi connectivity index (χ0) is 21.2. The van der Waals surface area contributed by atoms with Gasteiger partial charge in [-0.25, -0.2) is 21.9 Å². The molecule has 1 heterocycles. The van der Waals surface area contributed by atoms with Crippen molar-refractivity contribution in [2.45, 2.75) is 61.9 Å². The molecule has 1 aliphatic heterocycles. The molecule has 0 radical (unpaired) electrons. The van der Waals surface area contributed by atoms with Crippen molar-refractivity contribution in [2.24, 2.45) is 0 Å². The lowest BCUT2D eigenvalue weighted by Crippen LogP contribution is -2.58. The summed E-state index contributed by atoms with van der Waals surface area (Å²) in [5.41, 5.74) is -2.28. The second-order valence-corrected chi connectivity index (χ2v) is 9.90. The Morgan fingerprint density at radius 1 is 1.17 bits per heavy atom. The second kappa shape index (κ2) is 8.65. The minimum absolute atomic E-state index is 0.0309. The molecule has 0 aromatic heterocycles. The molecule has 1 N–H and O–H groups in total. The summed E-state index contributed by atoms with van der Waals surface area (Å²) < 4.78 is 57.3. The Morgan fingerprint density at radius 2 is 1.79 bits per heavy atom. The first-order valence-electron chi connectivity index (χ1n) is 10.1. The van der Waals surface area contributed by atoms with E-state index in [1.54, 1.807) is 18.2 Å². The van der Waals surface area contributed by atoms with Crippen molar-refractivity contribution in [3.05, 3.63) is 30.3 Å². The van der Waals surface area contributed by atoms with E-state index >= 15 is 4.39 Å². The van der Waals surface area contributed by atoms with E-state index in [2.05, 4.69) is 23.5 Å². The van der Waals surface area contributed by atoms with Gasteiger partial charge in [0.05, 0.1) is 10.9 Å². The van der Waals surface area contributed by atoms with Crippen molar-refractivity contribution in [2.75, 3.05) is 26.2 Å². The van der Waals surface area contributed by atoms with Gasteiger partial charge in [-0.05, 0) is 38.8 Å². The van der Waals surface area contributed by atoms with Crippen LogP contribution in [0.15, 0.2) is 35.2 Å². The second-order valence-electron chi connectivity index (χ2n) is 8.19. The van der Waals surface area contributed by atoms with E-state index in [1.165, 1.54) is 17.0 Å². The van der Waals surface area contributed by atoms with E-state index in [0.717, 1.165) is 0 Å². The Bertz CT molecular complexity index is 814. The quantitative estimate of drug-likeness (QED) is 0.779. The summed E-state index contributed by atoms with van der Waals surface area (Å²) in [5.74, 6) is -0.673. The number of alkyl halides is 2. The number of halogens is 2. The Balaban J connectivity index is 1.61. The molecule has 1 aromatic rings. The van der Waals surface area contributed by atoms with Gasteiger partial charge in [-0.3, -0.25) is 9.69 Å². The fourth-order valence-corrected chi connectivity index (χ4v) is 5.35. The van der Waals surface area contributed by atoms with Gasteiger partial charge in [-0.1, -0.05) is 18.2 Å². The SMILES string of the molecule is CC(C)N1CCN(C(=O)C2(F)CCC(NS(=O)(=O)c3ccccc3)C(F)C2)CC1. The van der Waals surface area contributed by atoms with E-state index < -0.39 is 40.2 Å². The van der Waals surface area contributed by atoms with Gasteiger partial charge in [0.25, 0.3) is 5.91 Å². The standard InChI is InChI=1S/C20H29F2N3O3S/c1-15(2)24-10-12-25(13-11-24)19(26)20(22)9-8-18(17(21)14-20)23-29(27,28)16-6-4-3-5-7-16/h3-7,15,17-18,23H,8-14H2,1-2H3. The summed E-state index contributed by atoms with van der Waals surface area (Å²) in [5, 5.41) is 0. The van der Waals surface area contributed by atoms with Crippen molar-refractivity contribution in [3.63, 3.8) is 0 Å². The zero-order valence-corrected chi connectivity index (χ0v) is 17.7. The van der Waals surface area contributed by atoms with Crippen LogP contribution in [0.25, 0.3) is 0 Å². The monoisotopic (exact) mass is 429 g/mol. The van der Waals surface area contributed by atoms with Crippen LogP contribution in [0.2, 0.25) is 0 Å². The fraction of sp³-hybridized carbons (Fsp3) is 0.650. The number of hydrogen-bond donors (Lipinski definition) is 1. The molecule has 2 fully saturated rings. The third kappa shape index (κ3) is 4.95. The molecule has 1 aliphatic carbocycles. The van der Waals surface area contributed by atoms with Crippen molar-refractivity contribution in [3.8, 4) is 0 Å². The highest BCUT2D eigenvalue weighted by Gasteiger charge is 2.49. The maximum Gasteiger partial charge on any atom is 0.260 e. The van der Waals surface area contributed by atoms with Crippen molar-refractivity contribution < 1.29 is 22.0 Å². The summed E-state index contributed by atoms with van der Waals surface area (Å²) >= 11 is 0. The highest BCUT2D eigenvalue weighted by molar-refractivity contribution is 7.89.